The number of hydrogen-bond acceptors (Lipinski definition) is 5. The quantitative estimate of drug-likeness (QED) is 0.738. The molecule has 0 fully saturated rings. The molecule has 0 aliphatic heterocycles. The first-order valence-electron chi connectivity index (χ1n) is 5.85. The zero-order valence-electron chi connectivity index (χ0n) is 10.7. The lowest BCUT2D eigenvalue weighted by Gasteiger charge is -2.18. The minimum absolute atomic E-state index is 0.0855. The van der Waals surface area contributed by atoms with Crippen molar-refractivity contribution < 1.29 is 29.3 Å². The van der Waals surface area contributed by atoms with E-state index >= 15 is 0 Å². The fourth-order valence-corrected chi connectivity index (χ4v) is 2.28. The van der Waals surface area contributed by atoms with Crippen LogP contribution in [0.2, 0.25) is 0 Å². The zero-order chi connectivity index (χ0) is 15.3. The van der Waals surface area contributed by atoms with E-state index < -0.39 is 29.6 Å². The van der Waals surface area contributed by atoms with Crippen molar-refractivity contribution in [2.75, 3.05) is 5.75 Å². The van der Waals surface area contributed by atoms with Gasteiger partial charge in [-0.05, 0) is 12.5 Å². The maximum atomic E-state index is 13.9. The summed E-state index contributed by atoms with van der Waals surface area (Å²) < 4.78 is 13.9. The second kappa shape index (κ2) is 7.37. The molecule has 0 saturated heterocycles. The van der Waals surface area contributed by atoms with Crippen LogP contribution in [0.1, 0.15) is 35.4 Å². The molecule has 0 amide bonds. The molecule has 0 saturated carbocycles. The number of aliphatic hydroxyl groups is 2. The number of aromatic carboxylic acids is 1. The van der Waals surface area contributed by atoms with E-state index in [1.807, 2.05) is 0 Å². The number of carboxylic acid groups (broad SMARTS) is 1. The largest absolute Gasteiger partial charge is 0.478 e. The normalized spacial score (nSPS) is 13.8. The first-order chi connectivity index (χ1) is 9.34. The summed E-state index contributed by atoms with van der Waals surface area (Å²) in [6.45, 7) is 1.38. The lowest BCUT2D eigenvalue weighted by atomic mass is 9.99. The molecule has 0 heterocycles. The first-order valence-corrected chi connectivity index (χ1v) is 6.84. The molecule has 1 aromatic carbocycles. The van der Waals surface area contributed by atoms with Crippen molar-refractivity contribution in [2.24, 2.45) is 0 Å². The van der Waals surface area contributed by atoms with Gasteiger partial charge in [-0.2, -0.15) is 0 Å². The summed E-state index contributed by atoms with van der Waals surface area (Å²) in [4.78, 5) is 21.5. The number of benzene rings is 1. The third-order valence-electron chi connectivity index (χ3n) is 2.66. The average molecular weight is 302 g/mol. The first kappa shape index (κ1) is 16.6. The molecule has 110 valence electrons. The van der Waals surface area contributed by atoms with Gasteiger partial charge in [0.1, 0.15) is 11.9 Å². The lowest BCUT2D eigenvalue weighted by Crippen LogP contribution is -2.21. The Morgan fingerprint density at radius 2 is 2.00 bits per heavy atom. The minimum atomic E-state index is -1.54. The summed E-state index contributed by atoms with van der Waals surface area (Å²) in [6, 6.07) is 3.59. The second-order valence-corrected chi connectivity index (χ2v) is 5.43. The number of thioether (sulfide) groups is 1. The zero-order valence-corrected chi connectivity index (χ0v) is 11.6. The molecule has 0 aromatic heterocycles. The molecule has 5 nitrogen and oxygen atoms in total. The van der Waals surface area contributed by atoms with E-state index in [1.54, 1.807) is 0 Å². The minimum Gasteiger partial charge on any atom is -0.478 e. The van der Waals surface area contributed by atoms with Gasteiger partial charge in [0.2, 0.25) is 0 Å². The van der Waals surface area contributed by atoms with Crippen LogP contribution in [-0.2, 0) is 4.79 Å². The molecule has 7 heteroatoms. The molecule has 2 unspecified atom stereocenters. The van der Waals surface area contributed by atoms with E-state index in [-0.39, 0.29) is 22.9 Å². The maximum absolute atomic E-state index is 13.9. The van der Waals surface area contributed by atoms with Gasteiger partial charge in [0, 0.05) is 18.2 Å². The molecule has 1 rings (SSSR count). The highest BCUT2D eigenvalue weighted by atomic mass is 32.2. The highest BCUT2D eigenvalue weighted by Gasteiger charge is 2.24. The summed E-state index contributed by atoms with van der Waals surface area (Å²) in [5, 5.41) is 28.3. The Morgan fingerprint density at radius 1 is 1.35 bits per heavy atom. The fraction of sp³-hybridized carbons (Fsp3) is 0.385. The molecular weight excluding hydrogens is 287 g/mol. The van der Waals surface area contributed by atoms with Gasteiger partial charge in [-0.25, -0.2) is 9.18 Å². The van der Waals surface area contributed by atoms with E-state index in [2.05, 4.69) is 0 Å². The number of rotatable bonds is 6. The van der Waals surface area contributed by atoms with Crippen molar-refractivity contribution in [1.82, 2.24) is 0 Å². The molecule has 0 aliphatic rings. The Kier molecular flexibility index (Phi) is 6.12. The third kappa shape index (κ3) is 4.29. The van der Waals surface area contributed by atoms with Crippen LogP contribution in [0.15, 0.2) is 18.2 Å². The van der Waals surface area contributed by atoms with E-state index in [9.17, 15) is 24.2 Å². The summed E-state index contributed by atoms with van der Waals surface area (Å²) in [5.41, 5.74) is -0.836. The van der Waals surface area contributed by atoms with Crippen molar-refractivity contribution in [3.63, 3.8) is 0 Å². The van der Waals surface area contributed by atoms with E-state index in [1.165, 1.54) is 19.1 Å². The Morgan fingerprint density at radius 3 is 2.55 bits per heavy atom. The molecular formula is C13H15FO5S. The predicted molar refractivity (Wildman–Crippen MR) is 72.1 cm³/mol. The van der Waals surface area contributed by atoms with E-state index in [0.29, 0.717) is 0 Å². The van der Waals surface area contributed by atoms with Crippen molar-refractivity contribution in [2.45, 2.75) is 25.6 Å². The van der Waals surface area contributed by atoms with Gasteiger partial charge in [-0.3, -0.25) is 4.79 Å². The van der Waals surface area contributed by atoms with Crippen molar-refractivity contribution in [3.8, 4) is 0 Å². The number of carboxylic acids is 1. The smallest absolute Gasteiger partial charge is 0.338 e. The van der Waals surface area contributed by atoms with Crippen molar-refractivity contribution in [1.29, 1.82) is 0 Å². The van der Waals surface area contributed by atoms with Gasteiger partial charge in [-0.15, -0.1) is 0 Å². The van der Waals surface area contributed by atoms with Crippen LogP contribution in [0.5, 0.6) is 0 Å². The van der Waals surface area contributed by atoms with Crippen LogP contribution in [0.4, 0.5) is 4.39 Å². The topological polar surface area (TPSA) is 94.8 Å². The van der Waals surface area contributed by atoms with Crippen LogP contribution in [0.3, 0.4) is 0 Å². The molecule has 2 atom stereocenters. The fourth-order valence-electron chi connectivity index (χ4n) is 1.63. The second-order valence-electron chi connectivity index (χ2n) is 4.15. The molecule has 0 spiro atoms. The Balaban J connectivity index is 2.81. The Bertz CT molecular complexity index is 506. The summed E-state index contributed by atoms with van der Waals surface area (Å²) in [7, 11) is 0. The standard InChI is InChI=1S/C13H15FO5S/c1-7(15)20-6-5-10(16)12(17)8-3-2-4-9(11(8)14)13(18)19/h2-4,10,12,16-17H,5-6H2,1H3,(H,18,19). The summed E-state index contributed by atoms with van der Waals surface area (Å²) >= 11 is 0.987. The molecule has 0 aliphatic carbocycles. The average Bonchev–Trinajstić information content (AvgIpc) is 2.37. The van der Waals surface area contributed by atoms with Gasteiger partial charge in [0.25, 0.3) is 0 Å². The maximum Gasteiger partial charge on any atom is 0.338 e. The SMILES string of the molecule is CC(=O)SCCC(O)C(O)c1cccc(C(=O)O)c1F. The van der Waals surface area contributed by atoms with Crippen LogP contribution >= 0.6 is 11.8 Å². The van der Waals surface area contributed by atoms with E-state index in [0.717, 1.165) is 17.8 Å². The van der Waals surface area contributed by atoms with Gasteiger partial charge in [0.15, 0.2) is 5.12 Å². The van der Waals surface area contributed by atoms with Crippen molar-refractivity contribution >= 4 is 22.8 Å². The lowest BCUT2D eigenvalue weighted by molar-refractivity contribution is -0.109. The third-order valence-corrected chi connectivity index (χ3v) is 3.51. The number of halogens is 1. The Hall–Kier alpha value is -1.44. The van der Waals surface area contributed by atoms with Crippen molar-refractivity contribution in [3.05, 3.63) is 35.1 Å². The summed E-state index contributed by atoms with van der Waals surface area (Å²) in [5.74, 6) is -2.22. The Labute approximate surface area is 119 Å². The number of carbonyl (C=O) groups is 2. The molecule has 0 radical (unpaired) electrons. The number of hydrogen-bond donors (Lipinski definition) is 3. The molecule has 1 aromatic rings. The van der Waals surface area contributed by atoms with Gasteiger partial charge >= 0.3 is 5.97 Å². The van der Waals surface area contributed by atoms with Gasteiger partial charge in [0.05, 0.1) is 11.7 Å². The molecule has 20 heavy (non-hydrogen) atoms. The molecule has 0 bridgehead atoms. The van der Waals surface area contributed by atoms with Crippen LogP contribution in [-0.4, -0.2) is 38.3 Å². The highest BCUT2D eigenvalue weighted by molar-refractivity contribution is 8.13. The highest BCUT2D eigenvalue weighted by Crippen LogP contribution is 2.25. The van der Waals surface area contributed by atoms with Crippen LogP contribution in [0.25, 0.3) is 0 Å². The molecule has 3 N–H and O–H groups in total. The van der Waals surface area contributed by atoms with E-state index in [4.69, 9.17) is 5.11 Å². The van der Waals surface area contributed by atoms with Gasteiger partial charge < -0.3 is 15.3 Å². The predicted octanol–water partition coefficient (Wildman–Crippen LogP) is 1.59. The number of aliphatic hydroxyl groups excluding tert-OH is 2. The number of carbonyl (C=O) groups excluding carboxylic acids is 1. The van der Waals surface area contributed by atoms with Gasteiger partial charge in [-0.1, -0.05) is 23.9 Å². The van der Waals surface area contributed by atoms with Crippen LogP contribution in [0, 0.1) is 5.82 Å². The monoisotopic (exact) mass is 302 g/mol. The summed E-state index contributed by atoms with van der Waals surface area (Å²) in [6.07, 6.45) is -2.73. The van der Waals surface area contributed by atoms with Crippen LogP contribution < -0.4 is 0 Å².